The van der Waals surface area contributed by atoms with Gasteiger partial charge < -0.3 is 0 Å². The van der Waals surface area contributed by atoms with Gasteiger partial charge in [0.1, 0.15) is 0 Å². The molecule has 3 aromatic rings. The fourth-order valence-corrected chi connectivity index (χ4v) is 2.95. The average molecular weight is 410 g/mol. The summed E-state index contributed by atoms with van der Waals surface area (Å²) in [5.74, 6) is 0. The average Bonchev–Trinajstić information content (AvgIpc) is 2.58. The third-order valence-corrected chi connectivity index (χ3v) is 4.80. The van der Waals surface area contributed by atoms with Gasteiger partial charge in [-0.15, -0.1) is 0 Å². The van der Waals surface area contributed by atoms with Gasteiger partial charge in [-0.1, -0.05) is 60.7 Å². The minimum Gasteiger partial charge on any atom is -0.0622 e. The van der Waals surface area contributed by atoms with Crippen molar-refractivity contribution in [3.05, 3.63) is 104 Å². The zero-order valence-electron chi connectivity index (χ0n) is 13.4. The Morgan fingerprint density at radius 1 is 0.739 bits per heavy atom. The lowest BCUT2D eigenvalue weighted by molar-refractivity contribution is 1.33. The first-order valence-electron chi connectivity index (χ1n) is 7.74. The van der Waals surface area contributed by atoms with Crippen LogP contribution in [-0.4, -0.2) is 0 Å². The number of rotatable bonds is 3. The first kappa shape index (κ1) is 16.0. The van der Waals surface area contributed by atoms with Gasteiger partial charge in [-0.25, -0.2) is 0 Å². The van der Waals surface area contributed by atoms with Gasteiger partial charge in [-0.3, -0.25) is 0 Å². The molecule has 0 bridgehead atoms. The smallest absolute Gasteiger partial charge is 0.0130 e. The molecule has 0 N–H and O–H groups in total. The maximum atomic E-state index is 2.34. The summed E-state index contributed by atoms with van der Waals surface area (Å²) in [4.78, 5) is 0. The lowest BCUT2D eigenvalue weighted by atomic mass is 9.93. The van der Waals surface area contributed by atoms with Crippen LogP contribution in [0.5, 0.6) is 0 Å². The van der Waals surface area contributed by atoms with Crippen LogP contribution < -0.4 is 0 Å². The molecule has 0 aliphatic carbocycles. The van der Waals surface area contributed by atoms with Crippen molar-refractivity contribution in [3.63, 3.8) is 0 Å². The lowest BCUT2D eigenvalue weighted by Gasteiger charge is -2.11. The molecule has 0 radical (unpaired) electrons. The molecule has 23 heavy (non-hydrogen) atoms. The predicted molar refractivity (Wildman–Crippen MR) is 108 cm³/mol. The summed E-state index contributed by atoms with van der Waals surface area (Å²) in [5, 5.41) is 0. The molecule has 0 aliphatic heterocycles. The van der Waals surface area contributed by atoms with Crippen LogP contribution in [0.3, 0.4) is 0 Å². The Hall–Kier alpha value is -1.87. The molecule has 3 aromatic carbocycles. The third kappa shape index (κ3) is 3.91. The highest BCUT2D eigenvalue weighted by Gasteiger charge is 2.06. The van der Waals surface area contributed by atoms with Crippen molar-refractivity contribution in [1.82, 2.24) is 0 Å². The quantitative estimate of drug-likeness (QED) is 0.342. The molecule has 0 spiro atoms. The van der Waals surface area contributed by atoms with E-state index in [1.54, 1.807) is 0 Å². The largest absolute Gasteiger partial charge is 0.0622 e. The normalized spacial score (nSPS) is 11.5. The maximum absolute atomic E-state index is 2.34. The summed E-state index contributed by atoms with van der Waals surface area (Å²) in [5.41, 5.74) is 7.65. The van der Waals surface area contributed by atoms with E-state index in [1.807, 2.05) is 0 Å². The van der Waals surface area contributed by atoms with Gasteiger partial charge in [0, 0.05) is 3.57 Å². The van der Waals surface area contributed by atoms with Crippen LogP contribution in [0.1, 0.15) is 27.8 Å². The van der Waals surface area contributed by atoms with Crippen LogP contribution in [0.15, 0.2) is 72.8 Å². The lowest BCUT2D eigenvalue weighted by Crippen LogP contribution is -1.91. The molecular formula is C22H19I. The Labute approximate surface area is 152 Å². The van der Waals surface area contributed by atoms with E-state index in [4.69, 9.17) is 0 Å². The Bertz CT molecular complexity index is 828. The molecule has 0 atom stereocenters. The van der Waals surface area contributed by atoms with Crippen molar-refractivity contribution >= 4 is 34.2 Å². The maximum Gasteiger partial charge on any atom is 0.0130 e. The first-order chi connectivity index (χ1) is 11.1. The zero-order valence-corrected chi connectivity index (χ0v) is 15.5. The number of halogens is 1. The van der Waals surface area contributed by atoms with Crippen LogP contribution in [0.25, 0.3) is 11.6 Å². The molecule has 0 nitrogen and oxygen atoms in total. The minimum atomic E-state index is 1.22. The number of benzene rings is 3. The molecule has 0 amide bonds. The van der Waals surface area contributed by atoms with E-state index in [2.05, 4.69) is 115 Å². The molecular weight excluding hydrogens is 391 g/mol. The van der Waals surface area contributed by atoms with E-state index in [0.717, 1.165) is 0 Å². The highest BCUT2D eigenvalue weighted by atomic mass is 127. The van der Waals surface area contributed by atoms with E-state index in [1.165, 1.54) is 37.0 Å². The van der Waals surface area contributed by atoms with Crippen LogP contribution in [0, 0.1) is 17.4 Å². The van der Waals surface area contributed by atoms with Gasteiger partial charge in [0.15, 0.2) is 0 Å². The Balaban J connectivity index is 2.14. The first-order valence-corrected chi connectivity index (χ1v) is 8.82. The molecule has 0 fully saturated rings. The summed E-state index contributed by atoms with van der Waals surface area (Å²) in [6, 6.07) is 25.9. The molecule has 0 unspecified atom stereocenters. The molecule has 1 heteroatoms. The predicted octanol–water partition coefficient (Wildman–Crippen LogP) is 6.50. The summed E-state index contributed by atoms with van der Waals surface area (Å²) in [6.45, 7) is 4.33. The molecule has 0 saturated heterocycles. The van der Waals surface area contributed by atoms with E-state index < -0.39 is 0 Å². The van der Waals surface area contributed by atoms with E-state index in [0.29, 0.717) is 0 Å². The van der Waals surface area contributed by atoms with Gasteiger partial charge in [0.2, 0.25) is 0 Å². The van der Waals surface area contributed by atoms with E-state index in [9.17, 15) is 0 Å². The van der Waals surface area contributed by atoms with E-state index >= 15 is 0 Å². The van der Waals surface area contributed by atoms with E-state index in [-0.39, 0.29) is 0 Å². The van der Waals surface area contributed by atoms with Crippen molar-refractivity contribution in [2.24, 2.45) is 0 Å². The molecule has 0 heterocycles. The molecule has 0 aromatic heterocycles. The second kappa shape index (κ2) is 7.14. The van der Waals surface area contributed by atoms with Crippen molar-refractivity contribution in [3.8, 4) is 0 Å². The Kier molecular flexibility index (Phi) is 4.97. The van der Waals surface area contributed by atoms with Crippen LogP contribution in [-0.2, 0) is 0 Å². The molecule has 114 valence electrons. The second-order valence-corrected chi connectivity index (χ2v) is 7.02. The van der Waals surface area contributed by atoms with Gasteiger partial charge in [0.25, 0.3) is 0 Å². The van der Waals surface area contributed by atoms with Crippen molar-refractivity contribution < 1.29 is 0 Å². The SMILES string of the molecule is Cc1ccc(/C(=C/c2ccc(I)cc2)c2ccccc2)cc1C. The number of hydrogen-bond acceptors (Lipinski definition) is 0. The molecule has 0 aliphatic rings. The zero-order chi connectivity index (χ0) is 16.2. The topological polar surface area (TPSA) is 0 Å². The Morgan fingerprint density at radius 2 is 1.43 bits per heavy atom. The summed E-state index contributed by atoms with van der Waals surface area (Å²) in [7, 11) is 0. The fourth-order valence-electron chi connectivity index (χ4n) is 2.59. The van der Waals surface area contributed by atoms with Crippen molar-refractivity contribution in [2.75, 3.05) is 0 Å². The van der Waals surface area contributed by atoms with Gasteiger partial charge in [-0.05, 0) is 88.0 Å². The standard InChI is InChI=1S/C22H19I/c1-16-8-11-20(14-17(16)2)22(19-6-4-3-5-7-19)15-18-9-12-21(23)13-10-18/h3-15H,1-2H3/b22-15+. The van der Waals surface area contributed by atoms with Crippen LogP contribution in [0.4, 0.5) is 0 Å². The highest BCUT2D eigenvalue weighted by Crippen LogP contribution is 2.27. The Morgan fingerprint density at radius 3 is 2.09 bits per heavy atom. The molecule has 0 saturated carbocycles. The fraction of sp³-hybridized carbons (Fsp3) is 0.0909. The summed E-state index contributed by atoms with van der Waals surface area (Å²) < 4.78 is 1.26. The molecule has 3 rings (SSSR count). The monoisotopic (exact) mass is 410 g/mol. The third-order valence-electron chi connectivity index (χ3n) is 4.08. The second-order valence-electron chi connectivity index (χ2n) is 5.77. The summed E-state index contributed by atoms with van der Waals surface area (Å²) >= 11 is 2.34. The van der Waals surface area contributed by atoms with Crippen molar-refractivity contribution in [2.45, 2.75) is 13.8 Å². The van der Waals surface area contributed by atoms with Gasteiger partial charge >= 0.3 is 0 Å². The summed E-state index contributed by atoms with van der Waals surface area (Å²) in [6.07, 6.45) is 2.27. The highest BCUT2D eigenvalue weighted by molar-refractivity contribution is 14.1. The van der Waals surface area contributed by atoms with Gasteiger partial charge in [0.05, 0.1) is 0 Å². The number of hydrogen-bond donors (Lipinski definition) is 0. The minimum absolute atomic E-state index is 1.22. The van der Waals surface area contributed by atoms with Crippen LogP contribution in [0.2, 0.25) is 0 Å². The van der Waals surface area contributed by atoms with Crippen molar-refractivity contribution in [1.29, 1.82) is 0 Å². The number of aryl methyl sites for hydroxylation is 2. The van der Waals surface area contributed by atoms with Gasteiger partial charge in [-0.2, -0.15) is 0 Å². The van der Waals surface area contributed by atoms with Crippen LogP contribution >= 0.6 is 22.6 Å².